The minimum absolute atomic E-state index is 0.294. The molecular weight excluding hydrogens is 250 g/mol. The SMILES string of the molecule is CCCCN(C(=O)C(C)(C)N1CCNCC1)C(C)CC. The summed E-state index contributed by atoms with van der Waals surface area (Å²) in [5, 5.41) is 3.36. The number of carbonyl (C=O) groups is 1. The van der Waals surface area contributed by atoms with Crippen molar-refractivity contribution in [1.82, 2.24) is 15.1 Å². The molecule has 0 aromatic carbocycles. The van der Waals surface area contributed by atoms with Gasteiger partial charge in [-0.25, -0.2) is 0 Å². The van der Waals surface area contributed by atoms with E-state index in [4.69, 9.17) is 0 Å². The molecule has 1 aliphatic heterocycles. The highest BCUT2D eigenvalue weighted by Crippen LogP contribution is 2.21. The number of amides is 1. The lowest BCUT2D eigenvalue weighted by atomic mass is 9.97. The third-order valence-electron chi connectivity index (χ3n) is 4.57. The maximum atomic E-state index is 13.0. The fourth-order valence-corrected chi connectivity index (χ4v) is 2.78. The summed E-state index contributed by atoms with van der Waals surface area (Å²) < 4.78 is 0. The second-order valence-electron chi connectivity index (χ2n) is 6.41. The highest BCUT2D eigenvalue weighted by atomic mass is 16.2. The summed E-state index contributed by atoms with van der Waals surface area (Å²) >= 11 is 0. The second kappa shape index (κ2) is 7.99. The van der Waals surface area contributed by atoms with E-state index in [-0.39, 0.29) is 5.54 Å². The van der Waals surface area contributed by atoms with Crippen LogP contribution in [-0.2, 0) is 4.79 Å². The molecule has 1 unspecified atom stereocenters. The number of hydrogen-bond donors (Lipinski definition) is 1. The molecule has 4 nitrogen and oxygen atoms in total. The molecule has 0 aromatic rings. The third-order valence-corrected chi connectivity index (χ3v) is 4.57. The summed E-state index contributed by atoms with van der Waals surface area (Å²) in [4.78, 5) is 17.5. The third kappa shape index (κ3) is 4.19. The van der Waals surface area contributed by atoms with Gasteiger partial charge in [0.15, 0.2) is 0 Å². The Hall–Kier alpha value is -0.610. The summed E-state index contributed by atoms with van der Waals surface area (Å²) in [5.41, 5.74) is -0.390. The van der Waals surface area contributed by atoms with Gasteiger partial charge in [-0.05, 0) is 33.6 Å². The van der Waals surface area contributed by atoms with E-state index in [9.17, 15) is 4.79 Å². The van der Waals surface area contributed by atoms with Gasteiger partial charge < -0.3 is 10.2 Å². The van der Waals surface area contributed by atoms with Gasteiger partial charge in [-0.2, -0.15) is 0 Å². The largest absolute Gasteiger partial charge is 0.338 e. The van der Waals surface area contributed by atoms with Crippen molar-refractivity contribution in [3.8, 4) is 0 Å². The summed E-state index contributed by atoms with van der Waals surface area (Å²) in [6.07, 6.45) is 3.25. The molecule has 1 aliphatic rings. The van der Waals surface area contributed by atoms with E-state index in [1.807, 2.05) is 0 Å². The molecule has 0 saturated carbocycles. The smallest absolute Gasteiger partial charge is 0.242 e. The molecule has 118 valence electrons. The van der Waals surface area contributed by atoms with E-state index in [1.165, 1.54) is 0 Å². The van der Waals surface area contributed by atoms with Gasteiger partial charge in [0.1, 0.15) is 0 Å². The van der Waals surface area contributed by atoms with Gasteiger partial charge in [-0.3, -0.25) is 9.69 Å². The first-order valence-electron chi connectivity index (χ1n) is 8.22. The molecule has 0 spiro atoms. The highest BCUT2D eigenvalue weighted by Gasteiger charge is 2.38. The lowest BCUT2D eigenvalue weighted by Gasteiger charge is -2.44. The average molecular weight is 283 g/mol. The molecule has 0 aromatic heterocycles. The zero-order valence-electron chi connectivity index (χ0n) is 14.0. The van der Waals surface area contributed by atoms with E-state index >= 15 is 0 Å². The molecule has 20 heavy (non-hydrogen) atoms. The van der Waals surface area contributed by atoms with Crippen molar-refractivity contribution in [1.29, 1.82) is 0 Å². The van der Waals surface area contributed by atoms with Gasteiger partial charge in [-0.1, -0.05) is 20.3 Å². The molecule has 1 saturated heterocycles. The van der Waals surface area contributed by atoms with Crippen molar-refractivity contribution in [3.05, 3.63) is 0 Å². The minimum Gasteiger partial charge on any atom is -0.338 e. The van der Waals surface area contributed by atoms with Crippen LogP contribution in [0.3, 0.4) is 0 Å². The Bertz CT molecular complexity index is 298. The van der Waals surface area contributed by atoms with Gasteiger partial charge in [0.25, 0.3) is 0 Å². The van der Waals surface area contributed by atoms with E-state index in [0.717, 1.165) is 52.0 Å². The molecule has 1 amide bonds. The Balaban J connectivity index is 2.79. The molecule has 4 heteroatoms. The Morgan fingerprint density at radius 1 is 1.30 bits per heavy atom. The van der Waals surface area contributed by atoms with Crippen molar-refractivity contribution >= 4 is 5.91 Å². The van der Waals surface area contributed by atoms with Crippen LogP contribution in [0.2, 0.25) is 0 Å². The van der Waals surface area contributed by atoms with Crippen LogP contribution in [0.5, 0.6) is 0 Å². The van der Waals surface area contributed by atoms with Crippen LogP contribution >= 0.6 is 0 Å². The van der Waals surface area contributed by atoms with Crippen molar-refractivity contribution in [3.63, 3.8) is 0 Å². The first-order valence-corrected chi connectivity index (χ1v) is 8.22. The van der Waals surface area contributed by atoms with Gasteiger partial charge in [-0.15, -0.1) is 0 Å². The van der Waals surface area contributed by atoms with Crippen LogP contribution in [0.25, 0.3) is 0 Å². The average Bonchev–Trinajstić information content (AvgIpc) is 2.47. The first kappa shape index (κ1) is 17.4. The molecule has 1 heterocycles. The quantitative estimate of drug-likeness (QED) is 0.777. The van der Waals surface area contributed by atoms with Crippen LogP contribution in [-0.4, -0.2) is 60.0 Å². The number of piperazine rings is 1. The van der Waals surface area contributed by atoms with Crippen molar-refractivity contribution in [2.75, 3.05) is 32.7 Å². The fourth-order valence-electron chi connectivity index (χ4n) is 2.78. The van der Waals surface area contributed by atoms with Crippen LogP contribution in [0.4, 0.5) is 0 Å². The van der Waals surface area contributed by atoms with Crippen LogP contribution in [0.1, 0.15) is 53.9 Å². The predicted octanol–water partition coefficient (Wildman–Crippen LogP) is 2.10. The second-order valence-corrected chi connectivity index (χ2v) is 6.41. The van der Waals surface area contributed by atoms with E-state index in [1.54, 1.807) is 0 Å². The Kier molecular flexibility index (Phi) is 6.96. The molecule has 1 N–H and O–H groups in total. The summed E-state index contributed by atoms with van der Waals surface area (Å²) in [5.74, 6) is 0.294. The number of carbonyl (C=O) groups excluding carboxylic acids is 1. The van der Waals surface area contributed by atoms with E-state index in [2.05, 4.69) is 49.7 Å². The maximum Gasteiger partial charge on any atom is 0.242 e. The van der Waals surface area contributed by atoms with Crippen LogP contribution < -0.4 is 5.32 Å². The molecular formula is C16H33N3O. The van der Waals surface area contributed by atoms with Gasteiger partial charge >= 0.3 is 0 Å². The Morgan fingerprint density at radius 3 is 2.40 bits per heavy atom. The van der Waals surface area contributed by atoms with E-state index in [0.29, 0.717) is 11.9 Å². The summed E-state index contributed by atoms with van der Waals surface area (Å²) in [6, 6.07) is 0.330. The van der Waals surface area contributed by atoms with Crippen molar-refractivity contribution in [2.24, 2.45) is 0 Å². The Morgan fingerprint density at radius 2 is 1.90 bits per heavy atom. The molecule has 1 fully saturated rings. The molecule has 0 radical (unpaired) electrons. The zero-order valence-corrected chi connectivity index (χ0v) is 14.0. The number of unbranched alkanes of at least 4 members (excludes halogenated alkanes) is 1. The zero-order chi connectivity index (χ0) is 15.2. The topological polar surface area (TPSA) is 35.6 Å². The molecule has 1 rings (SSSR count). The monoisotopic (exact) mass is 283 g/mol. The van der Waals surface area contributed by atoms with Gasteiger partial charge in [0.05, 0.1) is 5.54 Å². The lowest BCUT2D eigenvalue weighted by molar-refractivity contribution is -0.145. The lowest BCUT2D eigenvalue weighted by Crippen LogP contribution is -2.61. The minimum atomic E-state index is -0.390. The standard InChI is InChI=1S/C16H33N3O/c1-6-8-11-19(14(3)7-2)15(20)16(4,5)18-12-9-17-10-13-18/h14,17H,6-13H2,1-5H3. The molecule has 0 bridgehead atoms. The van der Waals surface area contributed by atoms with Crippen molar-refractivity contribution in [2.45, 2.75) is 65.5 Å². The normalized spacial score (nSPS) is 18.9. The Labute approximate surface area is 124 Å². The van der Waals surface area contributed by atoms with E-state index < -0.39 is 0 Å². The first-order chi connectivity index (χ1) is 9.45. The number of nitrogens with zero attached hydrogens (tertiary/aromatic N) is 2. The van der Waals surface area contributed by atoms with Crippen LogP contribution in [0, 0.1) is 0 Å². The van der Waals surface area contributed by atoms with Crippen molar-refractivity contribution < 1.29 is 4.79 Å². The number of rotatable bonds is 7. The van der Waals surface area contributed by atoms with Gasteiger partial charge in [0.2, 0.25) is 5.91 Å². The summed E-state index contributed by atoms with van der Waals surface area (Å²) in [6.45, 7) is 15.5. The number of nitrogens with one attached hydrogen (secondary N) is 1. The van der Waals surface area contributed by atoms with Gasteiger partial charge in [0, 0.05) is 38.8 Å². The maximum absolute atomic E-state index is 13.0. The molecule has 1 atom stereocenters. The summed E-state index contributed by atoms with van der Waals surface area (Å²) in [7, 11) is 0. The fraction of sp³-hybridized carbons (Fsp3) is 0.938. The highest BCUT2D eigenvalue weighted by molar-refractivity contribution is 5.85. The number of hydrogen-bond acceptors (Lipinski definition) is 3. The predicted molar refractivity (Wildman–Crippen MR) is 84.9 cm³/mol. The molecule has 0 aliphatic carbocycles. The van der Waals surface area contributed by atoms with Crippen LogP contribution in [0.15, 0.2) is 0 Å².